The Morgan fingerprint density at radius 1 is 0.964 bits per heavy atom. The maximum absolute atomic E-state index is 12.3. The normalized spacial score (nSPS) is 10.3. The molecule has 0 radical (unpaired) electrons. The third-order valence-electron chi connectivity index (χ3n) is 4.13. The summed E-state index contributed by atoms with van der Waals surface area (Å²) in [5, 5.41) is 13.6. The molecule has 142 valence electrons. The largest absolute Gasteiger partial charge is 0.494 e. The van der Waals surface area contributed by atoms with Gasteiger partial charge in [0, 0.05) is 29.4 Å². The minimum atomic E-state index is -0.527. The lowest BCUT2D eigenvalue weighted by Crippen LogP contribution is -2.12. The SMILES string of the molecule is O=C(Nc1cccc(OCCCc2ccccc2)c1)c1cccc([N+](=O)[O-])c1. The average molecular weight is 376 g/mol. The summed E-state index contributed by atoms with van der Waals surface area (Å²) in [6, 6.07) is 22.9. The van der Waals surface area contributed by atoms with Crippen molar-refractivity contribution in [2.45, 2.75) is 12.8 Å². The van der Waals surface area contributed by atoms with Gasteiger partial charge in [-0.25, -0.2) is 0 Å². The summed E-state index contributed by atoms with van der Waals surface area (Å²) in [6.07, 6.45) is 1.82. The van der Waals surface area contributed by atoms with Crippen LogP contribution in [0.25, 0.3) is 0 Å². The smallest absolute Gasteiger partial charge is 0.270 e. The maximum Gasteiger partial charge on any atom is 0.270 e. The van der Waals surface area contributed by atoms with Gasteiger partial charge < -0.3 is 10.1 Å². The monoisotopic (exact) mass is 376 g/mol. The molecule has 1 amide bonds. The molecule has 0 unspecified atom stereocenters. The zero-order chi connectivity index (χ0) is 19.8. The number of carbonyl (C=O) groups excluding carboxylic acids is 1. The van der Waals surface area contributed by atoms with Gasteiger partial charge in [-0.3, -0.25) is 14.9 Å². The van der Waals surface area contributed by atoms with Gasteiger partial charge >= 0.3 is 0 Å². The minimum Gasteiger partial charge on any atom is -0.494 e. The van der Waals surface area contributed by atoms with Gasteiger partial charge in [0.15, 0.2) is 0 Å². The third kappa shape index (κ3) is 5.41. The highest BCUT2D eigenvalue weighted by Crippen LogP contribution is 2.20. The summed E-state index contributed by atoms with van der Waals surface area (Å²) in [4.78, 5) is 22.7. The summed E-state index contributed by atoms with van der Waals surface area (Å²) in [5.74, 6) is 0.245. The summed E-state index contributed by atoms with van der Waals surface area (Å²) >= 11 is 0. The minimum absolute atomic E-state index is 0.122. The van der Waals surface area contributed by atoms with E-state index in [-0.39, 0.29) is 11.3 Å². The van der Waals surface area contributed by atoms with Gasteiger partial charge in [0.25, 0.3) is 11.6 Å². The van der Waals surface area contributed by atoms with E-state index in [4.69, 9.17) is 4.74 Å². The Morgan fingerprint density at radius 2 is 1.75 bits per heavy atom. The number of nitro benzene ring substituents is 1. The van der Waals surface area contributed by atoms with Crippen molar-refractivity contribution >= 4 is 17.3 Å². The summed E-state index contributed by atoms with van der Waals surface area (Å²) in [6.45, 7) is 0.567. The van der Waals surface area contributed by atoms with E-state index in [0.717, 1.165) is 12.8 Å². The Morgan fingerprint density at radius 3 is 2.54 bits per heavy atom. The maximum atomic E-state index is 12.3. The van der Waals surface area contributed by atoms with Crippen molar-refractivity contribution in [2.24, 2.45) is 0 Å². The molecule has 0 aliphatic rings. The van der Waals surface area contributed by atoms with E-state index in [2.05, 4.69) is 17.4 Å². The van der Waals surface area contributed by atoms with Crippen molar-refractivity contribution in [3.63, 3.8) is 0 Å². The predicted octanol–water partition coefficient (Wildman–Crippen LogP) is 4.86. The van der Waals surface area contributed by atoms with Crippen molar-refractivity contribution < 1.29 is 14.5 Å². The average Bonchev–Trinajstić information content (AvgIpc) is 2.72. The molecule has 0 spiro atoms. The highest BCUT2D eigenvalue weighted by molar-refractivity contribution is 6.04. The van der Waals surface area contributed by atoms with Crippen LogP contribution < -0.4 is 10.1 Å². The topological polar surface area (TPSA) is 81.5 Å². The number of aryl methyl sites for hydroxylation is 1. The Hall–Kier alpha value is -3.67. The Balaban J connectivity index is 1.55. The number of benzene rings is 3. The fraction of sp³-hybridized carbons (Fsp3) is 0.136. The number of nitrogens with one attached hydrogen (secondary N) is 1. The van der Waals surface area contributed by atoms with E-state index in [0.29, 0.717) is 18.0 Å². The highest BCUT2D eigenvalue weighted by atomic mass is 16.6. The first-order valence-corrected chi connectivity index (χ1v) is 8.94. The summed E-state index contributed by atoms with van der Waals surface area (Å²) in [5.41, 5.74) is 1.94. The zero-order valence-electron chi connectivity index (χ0n) is 15.2. The Kier molecular flexibility index (Phi) is 6.36. The molecular weight excluding hydrogens is 356 g/mol. The second-order valence-corrected chi connectivity index (χ2v) is 6.23. The zero-order valence-corrected chi connectivity index (χ0v) is 15.2. The number of hydrogen-bond acceptors (Lipinski definition) is 4. The van der Waals surface area contributed by atoms with Crippen molar-refractivity contribution in [1.82, 2.24) is 0 Å². The van der Waals surface area contributed by atoms with E-state index < -0.39 is 10.8 Å². The molecule has 0 aliphatic carbocycles. The molecule has 0 heterocycles. The van der Waals surface area contributed by atoms with Gasteiger partial charge in [-0.1, -0.05) is 42.5 Å². The highest BCUT2D eigenvalue weighted by Gasteiger charge is 2.12. The first-order chi connectivity index (χ1) is 13.6. The first kappa shape index (κ1) is 19.1. The molecule has 0 aliphatic heterocycles. The molecular formula is C22H20N2O4. The number of non-ortho nitro benzene ring substituents is 1. The van der Waals surface area contributed by atoms with Crippen molar-refractivity contribution in [3.8, 4) is 5.75 Å². The van der Waals surface area contributed by atoms with Gasteiger partial charge in [0.1, 0.15) is 5.75 Å². The molecule has 0 fully saturated rings. The van der Waals surface area contributed by atoms with Crippen LogP contribution in [0.2, 0.25) is 0 Å². The molecule has 0 saturated carbocycles. The number of ether oxygens (including phenoxy) is 1. The van der Waals surface area contributed by atoms with Crippen LogP contribution in [-0.2, 0) is 6.42 Å². The number of nitrogens with zero attached hydrogens (tertiary/aromatic N) is 1. The number of rotatable bonds is 8. The molecule has 3 aromatic rings. The molecule has 3 rings (SSSR count). The molecule has 3 aromatic carbocycles. The summed E-state index contributed by atoms with van der Waals surface area (Å²) < 4.78 is 5.77. The number of carbonyl (C=O) groups is 1. The molecule has 0 aromatic heterocycles. The second kappa shape index (κ2) is 9.32. The predicted molar refractivity (Wildman–Crippen MR) is 108 cm³/mol. The van der Waals surface area contributed by atoms with Crippen LogP contribution in [-0.4, -0.2) is 17.4 Å². The van der Waals surface area contributed by atoms with Crippen LogP contribution in [0, 0.1) is 10.1 Å². The summed E-state index contributed by atoms with van der Waals surface area (Å²) in [7, 11) is 0. The lowest BCUT2D eigenvalue weighted by Gasteiger charge is -2.09. The number of anilines is 1. The number of amides is 1. The first-order valence-electron chi connectivity index (χ1n) is 8.94. The van der Waals surface area contributed by atoms with Crippen LogP contribution in [0.5, 0.6) is 5.75 Å². The fourth-order valence-corrected chi connectivity index (χ4v) is 2.74. The van der Waals surface area contributed by atoms with Gasteiger partial charge in [-0.15, -0.1) is 0 Å². The van der Waals surface area contributed by atoms with Crippen molar-refractivity contribution in [2.75, 3.05) is 11.9 Å². The molecule has 0 saturated heterocycles. The Labute approximate surface area is 162 Å². The van der Waals surface area contributed by atoms with Gasteiger partial charge in [-0.05, 0) is 36.6 Å². The van der Waals surface area contributed by atoms with Crippen LogP contribution in [0.15, 0.2) is 78.9 Å². The quantitative estimate of drug-likeness (QED) is 0.346. The Bertz CT molecular complexity index is 958. The molecule has 1 N–H and O–H groups in total. The third-order valence-corrected chi connectivity index (χ3v) is 4.13. The van der Waals surface area contributed by atoms with E-state index in [1.807, 2.05) is 24.3 Å². The molecule has 0 atom stereocenters. The van der Waals surface area contributed by atoms with Crippen molar-refractivity contribution in [3.05, 3.63) is 100 Å². The van der Waals surface area contributed by atoms with Crippen LogP contribution in [0.1, 0.15) is 22.3 Å². The number of hydrogen-bond donors (Lipinski definition) is 1. The van der Waals surface area contributed by atoms with Crippen molar-refractivity contribution in [1.29, 1.82) is 0 Å². The molecule has 28 heavy (non-hydrogen) atoms. The number of nitro groups is 1. The van der Waals surface area contributed by atoms with E-state index in [1.165, 1.54) is 29.8 Å². The van der Waals surface area contributed by atoms with Crippen LogP contribution >= 0.6 is 0 Å². The standard InChI is InChI=1S/C22H20N2O4/c25-22(18-10-4-12-20(15-18)24(26)27)23-19-11-5-13-21(16-19)28-14-6-9-17-7-2-1-3-8-17/h1-5,7-8,10-13,15-16H,6,9,14H2,(H,23,25). The second-order valence-electron chi connectivity index (χ2n) is 6.23. The lowest BCUT2D eigenvalue weighted by molar-refractivity contribution is -0.384. The van der Waals surface area contributed by atoms with Crippen LogP contribution in [0.4, 0.5) is 11.4 Å². The fourth-order valence-electron chi connectivity index (χ4n) is 2.74. The van der Waals surface area contributed by atoms with E-state index in [1.54, 1.807) is 18.2 Å². The van der Waals surface area contributed by atoms with Gasteiger partial charge in [0.2, 0.25) is 0 Å². The van der Waals surface area contributed by atoms with E-state index in [9.17, 15) is 14.9 Å². The van der Waals surface area contributed by atoms with Gasteiger partial charge in [0.05, 0.1) is 11.5 Å². The lowest BCUT2D eigenvalue weighted by atomic mass is 10.1. The molecule has 6 heteroatoms. The van der Waals surface area contributed by atoms with Gasteiger partial charge in [-0.2, -0.15) is 0 Å². The molecule has 0 bridgehead atoms. The molecule has 6 nitrogen and oxygen atoms in total. The van der Waals surface area contributed by atoms with Crippen LogP contribution in [0.3, 0.4) is 0 Å². The van der Waals surface area contributed by atoms with E-state index >= 15 is 0 Å².